The molecule has 1 atom stereocenters. The molecule has 2 N–H and O–H groups in total. The maximum atomic E-state index is 9.93. The van der Waals surface area contributed by atoms with Gasteiger partial charge in [0.1, 0.15) is 0 Å². The molecule has 2 aliphatic rings. The Kier molecular flexibility index (Phi) is 5.89. The van der Waals surface area contributed by atoms with Gasteiger partial charge in [0.05, 0.1) is 6.10 Å². The first-order valence-corrected chi connectivity index (χ1v) is 7.61. The van der Waals surface area contributed by atoms with E-state index in [-0.39, 0.29) is 6.10 Å². The van der Waals surface area contributed by atoms with Crippen LogP contribution < -0.4 is 5.32 Å². The molecule has 2 fully saturated rings. The molecule has 1 aliphatic heterocycles. The summed E-state index contributed by atoms with van der Waals surface area (Å²) in [6.45, 7) is 10.6. The van der Waals surface area contributed by atoms with E-state index in [9.17, 15) is 5.11 Å². The normalized spacial score (nSPS) is 24.3. The molecule has 1 saturated carbocycles. The maximum absolute atomic E-state index is 9.93. The van der Waals surface area contributed by atoms with Crippen LogP contribution in [-0.2, 0) is 0 Å². The van der Waals surface area contributed by atoms with Crippen molar-refractivity contribution in [1.82, 2.24) is 15.1 Å². The molecule has 4 heteroatoms. The summed E-state index contributed by atoms with van der Waals surface area (Å²) in [5.41, 5.74) is 0. The molecule has 106 valence electrons. The average molecular weight is 255 g/mol. The maximum Gasteiger partial charge on any atom is 0.0791 e. The second-order valence-corrected chi connectivity index (χ2v) is 5.90. The Morgan fingerprint density at radius 1 is 1.17 bits per heavy atom. The Labute approximate surface area is 111 Å². The lowest BCUT2D eigenvalue weighted by molar-refractivity contribution is 0.0711. The molecule has 0 aromatic rings. The van der Waals surface area contributed by atoms with Gasteiger partial charge in [0.15, 0.2) is 0 Å². The third-order valence-corrected chi connectivity index (χ3v) is 3.95. The fraction of sp³-hybridized carbons (Fsp3) is 1.00. The minimum Gasteiger partial charge on any atom is -0.390 e. The van der Waals surface area contributed by atoms with Crippen LogP contribution in [0.4, 0.5) is 0 Å². The number of hydrogen-bond acceptors (Lipinski definition) is 4. The van der Waals surface area contributed by atoms with E-state index in [1.54, 1.807) is 0 Å². The van der Waals surface area contributed by atoms with Gasteiger partial charge in [-0.3, -0.25) is 4.90 Å². The summed E-state index contributed by atoms with van der Waals surface area (Å²) >= 11 is 0. The van der Waals surface area contributed by atoms with Crippen molar-refractivity contribution in [2.75, 3.05) is 52.4 Å². The number of β-amino-alcohol motifs (C(OH)–C–C–N with tert-alkyl or cyclic N) is 1. The summed E-state index contributed by atoms with van der Waals surface area (Å²) < 4.78 is 0. The van der Waals surface area contributed by atoms with Crippen LogP contribution in [0.3, 0.4) is 0 Å². The molecule has 0 bridgehead atoms. The van der Waals surface area contributed by atoms with Crippen LogP contribution in [0.5, 0.6) is 0 Å². The molecule has 0 spiro atoms. The van der Waals surface area contributed by atoms with Gasteiger partial charge in [-0.2, -0.15) is 0 Å². The van der Waals surface area contributed by atoms with Gasteiger partial charge in [-0.25, -0.2) is 0 Å². The minimum atomic E-state index is -0.216. The second kappa shape index (κ2) is 7.43. The van der Waals surface area contributed by atoms with E-state index in [1.165, 1.54) is 32.5 Å². The van der Waals surface area contributed by atoms with E-state index in [0.29, 0.717) is 0 Å². The third kappa shape index (κ3) is 5.22. The number of aliphatic hydroxyl groups excluding tert-OH is 1. The molecule has 2 rings (SSSR count). The van der Waals surface area contributed by atoms with Gasteiger partial charge in [0.2, 0.25) is 0 Å². The topological polar surface area (TPSA) is 38.7 Å². The van der Waals surface area contributed by atoms with Crippen LogP contribution in [-0.4, -0.2) is 73.4 Å². The zero-order valence-corrected chi connectivity index (χ0v) is 11.8. The molecular weight excluding hydrogens is 226 g/mol. The number of piperazine rings is 1. The lowest BCUT2D eigenvalue weighted by atomic mass is 10.2. The van der Waals surface area contributed by atoms with Crippen molar-refractivity contribution in [3.05, 3.63) is 0 Å². The largest absolute Gasteiger partial charge is 0.390 e. The predicted octanol–water partition coefficient (Wildman–Crippen LogP) is 0.375. The summed E-state index contributed by atoms with van der Waals surface area (Å²) in [5, 5.41) is 13.2. The third-order valence-electron chi connectivity index (χ3n) is 3.95. The fourth-order valence-electron chi connectivity index (χ4n) is 2.63. The van der Waals surface area contributed by atoms with Crippen molar-refractivity contribution in [3.8, 4) is 0 Å². The van der Waals surface area contributed by atoms with Crippen molar-refractivity contribution in [3.63, 3.8) is 0 Å². The molecule has 1 saturated heterocycles. The first-order chi connectivity index (χ1) is 8.78. The standard InChI is InChI=1S/C14H29N3O/c1-2-5-15-10-14(18)12-17-8-6-16(7-9-17)11-13-3-4-13/h13-15,18H,2-12H2,1H3. The number of aliphatic hydroxyl groups is 1. The first-order valence-electron chi connectivity index (χ1n) is 7.61. The Morgan fingerprint density at radius 3 is 2.44 bits per heavy atom. The lowest BCUT2D eigenvalue weighted by Gasteiger charge is -2.35. The van der Waals surface area contributed by atoms with Crippen molar-refractivity contribution >= 4 is 0 Å². The molecule has 18 heavy (non-hydrogen) atoms. The molecule has 4 nitrogen and oxygen atoms in total. The molecule has 0 amide bonds. The van der Waals surface area contributed by atoms with E-state index < -0.39 is 0 Å². The van der Waals surface area contributed by atoms with Gasteiger partial charge in [-0.05, 0) is 31.7 Å². The smallest absolute Gasteiger partial charge is 0.0791 e. The fourth-order valence-corrected chi connectivity index (χ4v) is 2.63. The Hall–Kier alpha value is -0.160. The van der Waals surface area contributed by atoms with Gasteiger partial charge in [0.25, 0.3) is 0 Å². The zero-order valence-electron chi connectivity index (χ0n) is 11.8. The molecule has 1 unspecified atom stereocenters. The highest BCUT2D eigenvalue weighted by Gasteiger charge is 2.26. The molecular formula is C14H29N3O. The molecule has 0 aromatic carbocycles. The van der Waals surface area contributed by atoms with Gasteiger partial charge < -0.3 is 15.3 Å². The highest BCUT2D eigenvalue weighted by atomic mass is 16.3. The first kappa shape index (κ1) is 14.3. The van der Waals surface area contributed by atoms with E-state index in [0.717, 1.165) is 45.1 Å². The number of nitrogens with zero attached hydrogens (tertiary/aromatic N) is 2. The van der Waals surface area contributed by atoms with Crippen molar-refractivity contribution in [2.45, 2.75) is 32.3 Å². The summed E-state index contributed by atoms with van der Waals surface area (Å²) in [4.78, 5) is 5.00. The van der Waals surface area contributed by atoms with Crippen LogP contribution in [0.15, 0.2) is 0 Å². The quantitative estimate of drug-likeness (QED) is 0.615. The van der Waals surface area contributed by atoms with Gasteiger partial charge in [0, 0.05) is 45.8 Å². The monoisotopic (exact) mass is 255 g/mol. The predicted molar refractivity (Wildman–Crippen MR) is 74.8 cm³/mol. The molecule has 0 aromatic heterocycles. The zero-order chi connectivity index (χ0) is 12.8. The highest BCUT2D eigenvalue weighted by molar-refractivity contribution is 4.81. The Morgan fingerprint density at radius 2 is 1.83 bits per heavy atom. The highest BCUT2D eigenvalue weighted by Crippen LogP contribution is 2.29. The summed E-state index contributed by atoms with van der Waals surface area (Å²) in [5.74, 6) is 1.00. The van der Waals surface area contributed by atoms with Crippen LogP contribution >= 0.6 is 0 Å². The van der Waals surface area contributed by atoms with Crippen molar-refractivity contribution < 1.29 is 5.11 Å². The lowest BCUT2D eigenvalue weighted by Crippen LogP contribution is -2.50. The number of rotatable bonds is 8. The number of nitrogens with one attached hydrogen (secondary N) is 1. The summed E-state index contributed by atoms with van der Waals surface area (Å²) in [6.07, 6.45) is 3.81. The van der Waals surface area contributed by atoms with Crippen LogP contribution in [0.25, 0.3) is 0 Å². The average Bonchev–Trinajstić information content (AvgIpc) is 3.16. The van der Waals surface area contributed by atoms with E-state index in [4.69, 9.17) is 0 Å². The van der Waals surface area contributed by atoms with Crippen LogP contribution in [0, 0.1) is 5.92 Å². The Balaban J connectivity index is 1.54. The second-order valence-electron chi connectivity index (χ2n) is 5.90. The van der Waals surface area contributed by atoms with E-state index >= 15 is 0 Å². The van der Waals surface area contributed by atoms with E-state index in [1.807, 2.05) is 0 Å². The number of hydrogen-bond donors (Lipinski definition) is 2. The van der Waals surface area contributed by atoms with Gasteiger partial charge in [-0.15, -0.1) is 0 Å². The summed E-state index contributed by atoms with van der Waals surface area (Å²) in [7, 11) is 0. The van der Waals surface area contributed by atoms with Crippen LogP contribution in [0.2, 0.25) is 0 Å². The molecule has 1 aliphatic carbocycles. The molecule has 1 heterocycles. The van der Waals surface area contributed by atoms with Gasteiger partial charge in [-0.1, -0.05) is 6.92 Å². The SMILES string of the molecule is CCCNCC(O)CN1CCN(CC2CC2)CC1. The van der Waals surface area contributed by atoms with Crippen molar-refractivity contribution in [2.24, 2.45) is 5.92 Å². The minimum absolute atomic E-state index is 0.216. The molecule has 0 radical (unpaired) electrons. The van der Waals surface area contributed by atoms with Crippen molar-refractivity contribution in [1.29, 1.82) is 0 Å². The van der Waals surface area contributed by atoms with Crippen LogP contribution in [0.1, 0.15) is 26.2 Å². The Bertz CT molecular complexity index is 225. The van der Waals surface area contributed by atoms with Gasteiger partial charge >= 0.3 is 0 Å². The summed E-state index contributed by atoms with van der Waals surface area (Å²) in [6, 6.07) is 0. The van der Waals surface area contributed by atoms with E-state index in [2.05, 4.69) is 22.0 Å².